The van der Waals surface area contributed by atoms with E-state index in [4.69, 9.17) is 0 Å². The zero-order valence-corrected chi connectivity index (χ0v) is 7.08. The smallest absolute Gasteiger partial charge is 0.0791 e. The predicted octanol–water partition coefficient (Wildman–Crippen LogP) is 0.492. The van der Waals surface area contributed by atoms with E-state index in [0.717, 1.165) is 0 Å². The SMILES string of the molecule is [NaH].[Zn].c1cscn1. The number of thiazole rings is 1. The van der Waals surface area contributed by atoms with Gasteiger partial charge in [-0.05, 0) is 0 Å². The Balaban J connectivity index is 0. The third-order valence-electron chi connectivity index (χ3n) is 0.347. The van der Waals surface area contributed by atoms with E-state index >= 15 is 0 Å². The van der Waals surface area contributed by atoms with Crippen LogP contribution < -0.4 is 0 Å². The first-order chi connectivity index (χ1) is 2.50. The molecule has 1 rings (SSSR count). The van der Waals surface area contributed by atoms with Crippen molar-refractivity contribution in [1.82, 2.24) is 4.98 Å². The van der Waals surface area contributed by atoms with Gasteiger partial charge in [0.1, 0.15) is 0 Å². The Kier molecular flexibility index (Phi) is 11.5. The van der Waals surface area contributed by atoms with Crippen LogP contribution in [0.2, 0.25) is 0 Å². The number of hydrogen-bond acceptors (Lipinski definition) is 2. The van der Waals surface area contributed by atoms with E-state index in [1.54, 1.807) is 23.0 Å². The molecule has 1 nitrogen and oxygen atoms in total. The molecule has 0 fully saturated rings. The fourth-order valence-corrected chi connectivity index (χ4v) is 0.527. The van der Waals surface area contributed by atoms with Crippen LogP contribution in [0.4, 0.5) is 0 Å². The molecule has 1 heterocycles. The summed E-state index contributed by atoms with van der Waals surface area (Å²) >= 11 is 1.60. The molecule has 4 heteroatoms. The van der Waals surface area contributed by atoms with Crippen LogP contribution in [0.15, 0.2) is 17.1 Å². The van der Waals surface area contributed by atoms with Crippen LogP contribution in [0.5, 0.6) is 0 Å². The summed E-state index contributed by atoms with van der Waals surface area (Å²) in [5.41, 5.74) is 1.79. The van der Waals surface area contributed by atoms with Crippen molar-refractivity contribution in [2.24, 2.45) is 0 Å². The Hall–Kier alpha value is 1.25. The Morgan fingerprint density at radius 3 is 2.29 bits per heavy atom. The molecule has 0 radical (unpaired) electrons. The van der Waals surface area contributed by atoms with Gasteiger partial charge in [-0.2, -0.15) is 0 Å². The van der Waals surface area contributed by atoms with Crippen LogP contribution in [0.25, 0.3) is 0 Å². The van der Waals surface area contributed by atoms with Gasteiger partial charge in [-0.25, -0.2) is 0 Å². The van der Waals surface area contributed by atoms with Crippen LogP contribution in [-0.2, 0) is 19.5 Å². The standard InChI is InChI=1S/C3H3NS.Na.Zn.H/c1-2-5-3-4-1;;;/h1-3H;;;. The first-order valence-electron chi connectivity index (χ1n) is 1.32. The molecule has 0 saturated carbocycles. The first kappa shape index (κ1) is 11.1. The van der Waals surface area contributed by atoms with Crippen molar-refractivity contribution in [3.63, 3.8) is 0 Å². The van der Waals surface area contributed by atoms with Gasteiger partial charge in [0, 0.05) is 31.1 Å². The van der Waals surface area contributed by atoms with Gasteiger partial charge in [0.2, 0.25) is 0 Å². The summed E-state index contributed by atoms with van der Waals surface area (Å²) < 4.78 is 0. The van der Waals surface area contributed by atoms with Crippen LogP contribution >= 0.6 is 11.3 Å². The summed E-state index contributed by atoms with van der Waals surface area (Å²) in [6.45, 7) is 0. The third kappa shape index (κ3) is 5.12. The Bertz CT molecular complexity index is 71.4. The van der Waals surface area contributed by atoms with Crippen LogP contribution in [0.1, 0.15) is 0 Å². The maximum atomic E-state index is 3.74. The second-order valence-electron chi connectivity index (χ2n) is 0.676. The number of nitrogens with zero attached hydrogens (tertiary/aromatic N) is 1. The molecule has 0 bridgehead atoms. The first-order valence-corrected chi connectivity index (χ1v) is 2.26. The fourth-order valence-electron chi connectivity index (χ4n) is 0.176. The molecule has 0 amide bonds. The van der Waals surface area contributed by atoms with Gasteiger partial charge in [-0.3, -0.25) is 4.98 Å². The van der Waals surface area contributed by atoms with E-state index in [1.165, 1.54) is 0 Å². The zero-order valence-electron chi connectivity index (χ0n) is 3.29. The van der Waals surface area contributed by atoms with Gasteiger partial charge in [0.15, 0.2) is 0 Å². The topological polar surface area (TPSA) is 12.9 Å². The molecule has 30 valence electrons. The van der Waals surface area contributed by atoms with E-state index in [-0.39, 0.29) is 49.0 Å². The van der Waals surface area contributed by atoms with Gasteiger partial charge < -0.3 is 0 Å². The van der Waals surface area contributed by atoms with E-state index in [2.05, 4.69) is 4.98 Å². The van der Waals surface area contributed by atoms with Crippen molar-refractivity contribution in [3.05, 3.63) is 17.1 Å². The van der Waals surface area contributed by atoms with E-state index in [1.807, 2.05) is 5.38 Å². The molecule has 7 heavy (non-hydrogen) atoms. The molecule has 0 aliphatic heterocycles. The number of aromatic nitrogens is 1. The Morgan fingerprint density at radius 1 is 1.43 bits per heavy atom. The molecule has 0 saturated heterocycles. The maximum Gasteiger partial charge on any atom is 0.0791 e. The minimum atomic E-state index is 0. The molecule has 0 atom stereocenters. The van der Waals surface area contributed by atoms with E-state index < -0.39 is 0 Å². The average molecular weight is 175 g/mol. The summed E-state index contributed by atoms with van der Waals surface area (Å²) in [5.74, 6) is 0. The minimum absolute atomic E-state index is 0. The van der Waals surface area contributed by atoms with Crippen LogP contribution in [0, 0.1) is 0 Å². The molecule has 0 aliphatic carbocycles. The number of rotatable bonds is 0. The average Bonchev–Trinajstić information content (AvgIpc) is 1.76. The summed E-state index contributed by atoms with van der Waals surface area (Å²) in [7, 11) is 0. The zero-order chi connectivity index (χ0) is 3.54. The van der Waals surface area contributed by atoms with Gasteiger partial charge in [-0.1, -0.05) is 0 Å². The quantitative estimate of drug-likeness (QED) is 0.522. The van der Waals surface area contributed by atoms with Crippen LogP contribution in [0.3, 0.4) is 0 Å². The van der Waals surface area contributed by atoms with Crippen molar-refractivity contribution in [1.29, 1.82) is 0 Å². The molecule has 1 aromatic rings. The Labute approximate surface area is 81.6 Å². The molecular formula is C3H4NNaSZn. The molecule has 0 unspecified atom stereocenters. The van der Waals surface area contributed by atoms with Gasteiger partial charge in [0.25, 0.3) is 0 Å². The van der Waals surface area contributed by atoms with Gasteiger partial charge in [0.05, 0.1) is 5.51 Å². The van der Waals surface area contributed by atoms with Crippen molar-refractivity contribution in [2.75, 3.05) is 0 Å². The largest absolute Gasteiger partial charge is 0.253 e. The summed E-state index contributed by atoms with van der Waals surface area (Å²) in [6, 6.07) is 0. The van der Waals surface area contributed by atoms with Crippen molar-refractivity contribution >= 4 is 40.9 Å². The molecule has 0 spiro atoms. The number of hydrogen-bond donors (Lipinski definition) is 0. The maximum absolute atomic E-state index is 3.74. The van der Waals surface area contributed by atoms with Gasteiger partial charge in [-0.15, -0.1) is 11.3 Å². The van der Waals surface area contributed by atoms with Crippen molar-refractivity contribution in [3.8, 4) is 0 Å². The van der Waals surface area contributed by atoms with Crippen molar-refractivity contribution in [2.45, 2.75) is 0 Å². The summed E-state index contributed by atoms with van der Waals surface area (Å²) in [5, 5.41) is 1.93. The fraction of sp³-hybridized carbons (Fsp3) is 0. The normalized spacial score (nSPS) is 5.71. The minimum Gasteiger partial charge on any atom is -0.253 e. The van der Waals surface area contributed by atoms with Crippen molar-refractivity contribution < 1.29 is 19.5 Å². The summed E-state index contributed by atoms with van der Waals surface area (Å²) in [6.07, 6.45) is 1.77. The molecule has 0 N–H and O–H groups in total. The van der Waals surface area contributed by atoms with Crippen LogP contribution in [-0.4, -0.2) is 34.5 Å². The molecule has 1 aromatic heterocycles. The molecule has 0 aromatic carbocycles. The third-order valence-corrected chi connectivity index (χ3v) is 0.869. The second kappa shape index (κ2) is 7.25. The summed E-state index contributed by atoms with van der Waals surface area (Å²) in [4.78, 5) is 3.74. The van der Waals surface area contributed by atoms with Gasteiger partial charge >= 0.3 is 29.6 Å². The predicted molar refractivity (Wildman–Crippen MR) is 29.3 cm³/mol. The molecular weight excluding hydrogens is 170 g/mol. The Morgan fingerprint density at radius 2 is 2.14 bits per heavy atom. The van der Waals surface area contributed by atoms with E-state index in [9.17, 15) is 0 Å². The monoisotopic (exact) mass is 173 g/mol. The second-order valence-corrected chi connectivity index (χ2v) is 1.43. The molecule has 0 aliphatic rings. The van der Waals surface area contributed by atoms with E-state index in [0.29, 0.717) is 0 Å².